The fourth-order valence-electron chi connectivity index (χ4n) is 3.09. The van der Waals surface area contributed by atoms with Crippen molar-refractivity contribution in [3.05, 3.63) is 74.3 Å². The fraction of sp³-hybridized carbons (Fsp3) is 0.190. The summed E-state index contributed by atoms with van der Waals surface area (Å²) in [6.07, 6.45) is 2.76. The molecular weight excluding hydrogens is 542 g/mol. The van der Waals surface area contributed by atoms with Gasteiger partial charge in [0.05, 0.1) is 6.61 Å². The normalized spacial score (nSPS) is 14.7. The maximum atomic E-state index is 13.4. The number of benzene rings is 2. The quantitative estimate of drug-likeness (QED) is 0.263. The smallest absolute Gasteiger partial charge is 0.241 e. The van der Waals surface area contributed by atoms with Crippen LogP contribution in [0.15, 0.2) is 48.0 Å². The molecule has 0 aliphatic carbocycles. The van der Waals surface area contributed by atoms with Crippen molar-refractivity contribution in [1.82, 2.24) is 5.32 Å². The van der Waals surface area contributed by atoms with Crippen molar-refractivity contribution in [3.63, 3.8) is 0 Å². The summed E-state index contributed by atoms with van der Waals surface area (Å²) in [5.74, 6) is -2.42. The van der Waals surface area contributed by atoms with Crippen LogP contribution in [0.2, 0.25) is 0 Å². The molecule has 0 aliphatic rings. The number of hydrogen-bond acceptors (Lipinski definition) is 4. The van der Waals surface area contributed by atoms with Crippen molar-refractivity contribution < 1.29 is 22.7 Å². The first-order chi connectivity index (χ1) is 14.2. The first-order valence-corrected chi connectivity index (χ1v) is 13.1. The zero-order valence-electron chi connectivity index (χ0n) is 16.2. The van der Waals surface area contributed by atoms with Gasteiger partial charge in [0.2, 0.25) is 13.3 Å². The first-order valence-electron chi connectivity index (χ1n) is 9.03. The molecule has 0 fully saturated rings. The van der Waals surface area contributed by atoms with Gasteiger partial charge in [-0.3, -0.25) is 9.36 Å². The molecule has 3 aromatic rings. The van der Waals surface area contributed by atoms with Crippen LogP contribution >= 0.6 is 41.3 Å². The number of fused-ring (bicyclic) bond motifs is 1. The first kappa shape index (κ1) is 23.1. The third kappa shape index (κ3) is 5.17. The van der Waals surface area contributed by atoms with Gasteiger partial charge in [-0.15, -0.1) is 11.3 Å². The SMILES string of the molecule is CCOP(C)(=O)C(C(=O)N/C=C/c1ccc(F)c(F)c1)c1csc2ccc(I)cc12. The van der Waals surface area contributed by atoms with Crippen LogP contribution in [0.3, 0.4) is 0 Å². The Bertz CT molecular complexity index is 1160. The molecule has 0 bridgehead atoms. The molecule has 2 unspecified atom stereocenters. The summed E-state index contributed by atoms with van der Waals surface area (Å²) in [4.78, 5) is 13.1. The van der Waals surface area contributed by atoms with E-state index in [1.165, 1.54) is 36.3 Å². The minimum absolute atomic E-state index is 0.210. The number of carbonyl (C=O) groups is 1. The zero-order chi connectivity index (χ0) is 21.9. The van der Waals surface area contributed by atoms with Crippen LogP contribution in [0.4, 0.5) is 8.78 Å². The number of hydrogen-bond donors (Lipinski definition) is 1. The van der Waals surface area contributed by atoms with Crippen LogP contribution in [-0.4, -0.2) is 19.2 Å². The van der Waals surface area contributed by atoms with Gasteiger partial charge in [-0.1, -0.05) is 6.07 Å². The highest BCUT2D eigenvalue weighted by Crippen LogP contribution is 2.58. The van der Waals surface area contributed by atoms with Crippen LogP contribution in [0.25, 0.3) is 16.2 Å². The summed E-state index contributed by atoms with van der Waals surface area (Å²) in [6, 6.07) is 9.30. The third-order valence-electron chi connectivity index (χ3n) is 4.41. The molecule has 30 heavy (non-hydrogen) atoms. The Balaban J connectivity index is 1.93. The van der Waals surface area contributed by atoms with E-state index < -0.39 is 30.6 Å². The van der Waals surface area contributed by atoms with E-state index in [1.807, 2.05) is 23.6 Å². The summed E-state index contributed by atoms with van der Waals surface area (Å²) in [7, 11) is -3.34. The lowest BCUT2D eigenvalue weighted by Gasteiger charge is -2.22. The minimum Gasteiger partial charge on any atom is -0.332 e. The molecule has 1 N–H and O–H groups in total. The van der Waals surface area contributed by atoms with E-state index in [1.54, 1.807) is 6.92 Å². The molecule has 1 aromatic heterocycles. The standard InChI is InChI=1S/C21H19F2INO3PS/c1-3-28-29(2,27)20(16-12-30-19-7-5-14(24)11-15(16)19)21(26)25-9-8-13-4-6-17(22)18(23)10-13/h4-12,20H,3H2,1-2H3,(H,25,26)/b9-8+. The topological polar surface area (TPSA) is 55.4 Å². The number of carbonyl (C=O) groups excluding carboxylic acids is 1. The Morgan fingerprint density at radius 2 is 2.03 bits per heavy atom. The highest BCUT2D eigenvalue weighted by Gasteiger charge is 2.38. The number of thiophene rings is 1. The van der Waals surface area contributed by atoms with E-state index in [0.717, 1.165) is 25.8 Å². The van der Waals surface area contributed by atoms with Gasteiger partial charge in [0.25, 0.3) is 0 Å². The van der Waals surface area contributed by atoms with E-state index >= 15 is 0 Å². The maximum Gasteiger partial charge on any atom is 0.241 e. The lowest BCUT2D eigenvalue weighted by molar-refractivity contribution is -0.120. The molecule has 1 amide bonds. The number of halogens is 3. The van der Waals surface area contributed by atoms with Gasteiger partial charge in [0.1, 0.15) is 5.66 Å². The molecule has 3 rings (SSSR count). The summed E-state index contributed by atoms with van der Waals surface area (Å²) >= 11 is 3.66. The summed E-state index contributed by atoms with van der Waals surface area (Å²) in [5.41, 5.74) is 0.0244. The summed E-state index contributed by atoms with van der Waals surface area (Å²) in [6.45, 7) is 3.39. The third-order valence-corrected chi connectivity index (χ3v) is 8.28. The van der Waals surface area contributed by atoms with Crippen molar-refractivity contribution in [2.75, 3.05) is 13.3 Å². The predicted molar refractivity (Wildman–Crippen MR) is 126 cm³/mol. The molecular formula is C21H19F2INO3PS. The molecule has 0 saturated heterocycles. The minimum atomic E-state index is -3.34. The van der Waals surface area contributed by atoms with E-state index in [4.69, 9.17) is 4.52 Å². The molecule has 0 spiro atoms. The molecule has 4 nitrogen and oxygen atoms in total. The number of rotatable bonds is 7. The second-order valence-corrected chi connectivity index (χ2v) is 11.3. The van der Waals surface area contributed by atoms with E-state index in [9.17, 15) is 18.1 Å². The second kappa shape index (κ2) is 9.68. The van der Waals surface area contributed by atoms with Gasteiger partial charge < -0.3 is 9.84 Å². The van der Waals surface area contributed by atoms with Crippen molar-refractivity contribution in [3.8, 4) is 0 Å². The highest BCUT2D eigenvalue weighted by atomic mass is 127. The Labute approximate surface area is 190 Å². The van der Waals surface area contributed by atoms with Gasteiger partial charge in [-0.05, 0) is 87.8 Å². The van der Waals surface area contributed by atoms with Crippen LogP contribution in [0.5, 0.6) is 0 Å². The molecule has 0 aliphatic heterocycles. The van der Waals surface area contributed by atoms with E-state index in [2.05, 4.69) is 27.9 Å². The van der Waals surface area contributed by atoms with Crippen LogP contribution in [0, 0.1) is 15.2 Å². The molecule has 158 valence electrons. The fourth-order valence-corrected chi connectivity index (χ4v) is 6.53. The van der Waals surface area contributed by atoms with Crippen molar-refractivity contribution in [1.29, 1.82) is 0 Å². The largest absolute Gasteiger partial charge is 0.332 e. The molecule has 9 heteroatoms. The van der Waals surface area contributed by atoms with Crippen molar-refractivity contribution in [2.45, 2.75) is 12.6 Å². The Hall–Kier alpha value is -1.61. The lowest BCUT2D eigenvalue weighted by Crippen LogP contribution is -2.25. The van der Waals surface area contributed by atoms with Gasteiger partial charge in [-0.2, -0.15) is 0 Å². The molecule has 0 saturated carbocycles. The van der Waals surface area contributed by atoms with Crippen LogP contribution < -0.4 is 5.32 Å². The Morgan fingerprint density at radius 1 is 1.27 bits per heavy atom. The zero-order valence-corrected chi connectivity index (χ0v) is 20.1. The summed E-state index contributed by atoms with van der Waals surface area (Å²) < 4.78 is 47.2. The number of amides is 1. The monoisotopic (exact) mass is 561 g/mol. The van der Waals surface area contributed by atoms with Crippen LogP contribution in [-0.2, 0) is 13.9 Å². The molecule has 2 aromatic carbocycles. The molecule has 2 atom stereocenters. The maximum absolute atomic E-state index is 13.4. The van der Waals surface area contributed by atoms with Gasteiger partial charge >= 0.3 is 0 Å². The van der Waals surface area contributed by atoms with Crippen molar-refractivity contribution in [2.24, 2.45) is 0 Å². The second-order valence-electron chi connectivity index (χ2n) is 6.58. The van der Waals surface area contributed by atoms with Gasteiger partial charge in [-0.25, -0.2) is 8.78 Å². The van der Waals surface area contributed by atoms with E-state index in [0.29, 0.717) is 11.1 Å². The van der Waals surface area contributed by atoms with E-state index in [-0.39, 0.29) is 6.61 Å². The number of nitrogens with one attached hydrogen (secondary N) is 1. The summed E-state index contributed by atoms with van der Waals surface area (Å²) in [5, 5.41) is 5.30. The molecule has 1 heterocycles. The lowest BCUT2D eigenvalue weighted by atomic mass is 10.1. The van der Waals surface area contributed by atoms with Gasteiger partial charge in [0, 0.05) is 21.1 Å². The average molecular weight is 561 g/mol. The van der Waals surface area contributed by atoms with Gasteiger partial charge in [0.15, 0.2) is 11.6 Å². The Kier molecular flexibility index (Phi) is 7.44. The predicted octanol–water partition coefficient (Wildman–Crippen LogP) is 6.56. The Morgan fingerprint density at radius 3 is 2.73 bits per heavy atom. The van der Waals surface area contributed by atoms with Crippen LogP contribution in [0.1, 0.15) is 23.7 Å². The highest BCUT2D eigenvalue weighted by molar-refractivity contribution is 14.1. The average Bonchev–Trinajstić information content (AvgIpc) is 3.07. The molecule has 0 radical (unpaired) electrons. The van der Waals surface area contributed by atoms with Crippen molar-refractivity contribution >= 4 is 63.4 Å².